The number of aromatic nitrogens is 4. The van der Waals surface area contributed by atoms with Crippen molar-refractivity contribution in [3.63, 3.8) is 0 Å². The number of tetrazole rings is 1. The van der Waals surface area contributed by atoms with Gasteiger partial charge in [-0.15, -0.1) is 5.10 Å². The number of carbonyl (C=O) groups is 1. The van der Waals surface area contributed by atoms with Gasteiger partial charge in [0.15, 0.2) is 11.9 Å². The van der Waals surface area contributed by atoms with Crippen molar-refractivity contribution in [1.82, 2.24) is 20.2 Å². The fraction of sp³-hybridized carbons (Fsp3) is 0.429. The Bertz CT molecular complexity index is 686. The number of aliphatic hydroxyl groups is 1. The Balaban J connectivity index is 2.38. The van der Waals surface area contributed by atoms with Gasteiger partial charge in [-0.1, -0.05) is 6.92 Å². The minimum atomic E-state index is -1.29. The summed E-state index contributed by atoms with van der Waals surface area (Å²) in [5.41, 5.74) is 6.87. The van der Waals surface area contributed by atoms with E-state index in [0.717, 1.165) is 11.1 Å². The van der Waals surface area contributed by atoms with E-state index in [9.17, 15) is 15.0 Å². The minimum Gasteiger partial charge on any atom is -0.491 e. The number of ether oxygens (including phenoxy) is 1. The first-order valence-corrected chi connectivity index (χ1v) is 7.17. The molecule has 0 spiro atoms. The zero-order valence-electron chi connectivity index (χ0n) is 12.9. The number of rotatable bonds is 7. The van der Waals surface area contributed by atoms with Crippen LogP contribution in [0.5, 0.6) is 5.75 Å². The first kappa shape index (κ1) is 16.7. The molecule has 2 aromatic rings. The summed E-state index contributed by atoms with van der Waals surface area (Å²) in [6, 6.07) is 3.67. The van der Waals surface area contributed by atoms with E-state index >= 15 is 0 Å². The van der Waals surface area contributed by atoms with E-state index in [1.54, 1.807) is 18.2 Å². The molecule has 1 aromatic heterocycles. The SMILES string of the molecule is CCCOc1ccc(-c2nnnn2C(C(=O)O)C(C)O)cc1N. The lowest BCUT2D eigenvalue weighted by Crippen LogP contribution is -2.30. The number of carboxylic acid groups (broad SMARTS) is 1. The van der Waals surface area contributed by atoms with Gasteiger partial charge in [0.25, 0.3) is 0 Å². The summed E-state index contributed by atoms with van der Waals surface area (Å²) in [6.07, 6.45) is -0.312. The lowest BCUT2D eigenvalue weighted by atomic mass is 10.1. The predicted octanol–water partition coefficient (Wildman–Crippen LogP) is 0.718. The molecule has 1 heterocycles. The van der Waals surface area contributed by atoms with Gasteiger partial charge in [0.05, 0.1) is 18.4 Å². The Labute approximate surface area is 132 Å². The van der Waals surface area contributed by atoms with Crippen LogP contribution in [0.1, 0.15) is 26.3 Å². The summed E-state index contributed by atoms with van der Waals surface area (Å²) >= 11 is 0. The van der Waals surface area contributed by atoms with Crippen molar-refractivity contribution in [3.8, 4) is 17.1 Å². The highest BCUT2D eigenvalue weighted by Gasteiger charge is 2.29. The molecule has 23 heavy (non-hydrogen) atoms. The average Bonchev–Trinajstić information content (AvgIpc) is 2.94. The summed E-state index contributed by atoms with van der Waals surface area (Å²) in [7, 11) is 0. The molecule has 0 bridgehead atoms. The molecule has 0 aliphatic rings. The molecule has 1 aromatic carbocycles. The minimum absolute atomic E-state index is 0.201. The summed E-state index contributed by atoms with van der Waals surface area (Å²) in [5, 5.41) is 30.0. The van der Waals surface area contributed by atoms with Gasteiger partial charge in [0.1, 0.15) is 5.75 Å². The monoisotopic (exact) mass is 321 g/mol. The quantitative estimate of drug-likeness (QED) is 0.634. The molecule has 2 unspecified atom stereocenters. The second-order valence-corrected chi connectivity index (χ2v) is 5.07. The molecule has 0 aliphatic heterocycles. The largest absolute Gasteiger partial charge is 0.491 e. The number of hydrogen-bond donors (Lipinski definition) is 3. The molecule has 9 nitrogen and oxygen atoms in total. The number of aliphatic hydroxyl groups excluding tert-OH is 1. The van der Waals surface area contributed by atoms with Crippen molar-refractivity contribution in [2.75, 3.05) is 12.3 Å². The molecule has 0 fully saturated rings. The van der Waals surface area contributed by atoms with Gasteiger partial charge in [0.2, 0.25) is 0 Å². The van der Waals surface area contributed by atoms with Crippen molar-refractivity contribution in [2.24, 2.45) is 0 Å². The first-order valence-electron chi connectivity index (χ1n) is 7.17. The molecule has 4 N–H and O–H groups in total. The predicted molar refractivity (Wildman–Crippen MR) is 81.8 cm³/mol. The van der Waals surface area contributed by atoms with Crippen LogP contribution in [0.15, 0.2) is 18.2 Å². The van der Waals surface area contributed by atoms with E-state index in [2.05, 4.69) is 15.5 Å². The molecule has 0 aliphatic carbocycles. The smallest absolute Gasteiger partial charge is 0.331 e. The fourth-order valence-corrected chi connectivity index (χ4v) is 2.12. The van der Waals surface area contributed by atoms with E-state index in [1.165, 1.54) is 6.92 Å². The number of benzene rings is 1. The summed E-state index contributed by atoms with van der Waals surface area (Å²) in [4.78, 5) is 11.3. The highest BCUT2D eigenvalue weighted by molar-refractivity contribution is 5.74. The van der Waals surface area contributed by atoms with E-state index < -0.39 is 18.1 Å². The van der Waals surface area contributed by atoms with Crippen molar-refractivity contribution in [1.29, 1.82) is 0 Å². The number of anilines is 1. The average molecular weight is 321 g/mol. The molecule has 0 amide bonds. The van der Waals surface area contributed by atoms with Crippen molar-refractivity contribution in [3.05, 3.63) is 18.2 Å². The highest BCUT2D eigenvalue weighted by Crippen LogP contribution is 2.29. The summed E-state index contributed by atoms with van der Waals surface area (Å²) < 4.78 is 6.56. The summed E-state index contributed by atoms with van der Waals surface area (Å²) in [5.74, 6) is -0.489. The topological polar surface area (TPSA) is 136 Å². The van der Waals surface area contributed by atoms with Gasteiger partial charge < -0.3 is 20.7 Å². The van der Waals surface area contributed by atoms with Gasteiger partial charge >= 0.3 is 5.97 Å². The molecule has 0 saturated carbocycles. The van der Waals surface area contributed by atoms with Crippen LogP contribution in [0.25, 0.3) is 11.4 Å². The zero-order chi connectivity index (χ0) is 17.0. The Hall–Kier alpha value is -2.68. The Morgan fingerprint density at radius 2 is 2.22 bits per heavy atom. The van der Waals surface area contributed by atoms with Crippen LogP contribution in [0, 0.1) is 0 Å². The number of aliphatic carboxylic acids is 1. The Morgan fingerprint density at radius 1 is 1.48 bits per heavy atom. The molecule has 0 radical (unpaired) electrons. The molecule has 0 saturated heterocycles. The standard InChI is InChI=1S/C14H19N5O4/c1-3-6-23-11-5-4-9(7-10(11)15)13-16-17-18-19(13)12(8(2)20)14(21)22/h4-5,7-8,12,20H,3,6,15H2,1-2H3,(H,21,22). The van der Waals surface area contributed by atoms with Crippen LogP contribution >= 0.6 is 0 Å². The Morgan fingerprint density at radius 3 is 2.78 bits per heavy atom. The van der Waals surface area contributed by atoms with Crippen molar-refractivity contribution < 1.29 is 19.7 Å². The maximum atomic E-state index is 11.3. The maximum Gasteiger partial charge on any atom is 0.331 e. The van der Waals surface area contributed by atoms with E-state index in [0.29, 0.717) is 23.6 Å². The van der Waals surface area contributed by atoms with E-state index in [1.807, 2.05) is 6.92 Å². The van der Waals surface area contributed by atoms with Gasteiger partial charge in [0, 0.05) is 5.56 Å². The molecule has 9 heteroatoms. The number of nitrogen functional groups attached to an aromatic ring is 1. The summed E-state index contributed by atoms with van der Waals surface area (Å²) in [6.45, 7) is 3.89. The molecular formula is C14H19N5O4. The van der Waals surface area contributed by atoms with Gasteiger partial charge in [-0.05, 0) is 42.0 Å². The van der Waals surface area contributed by atoms with Crippen LogP contribution in [0.4, 0.5) is 5.69 Å². The normalized spacial score (nSPS) is 13.5. The third-order valence-corrected chi connectivity index (χ3v) is 3.20. The van der Waals surface area contributed by atoms with Crippen LogP contribution in [0.3, 0.4) is 0 Å². The van der Waals surface area contributed by atoms with Crippen LogP contribution in [-0.4, -0.2) is 49.1 Å². The maximum absolute atomic E-state index is 11.3. The van der Waals surface area contributed by atoms with Crippen LogP contribution in [-0.2, 0) is 4.79 Å². The number of nitrogens with two attached hydrogens (primary N) is 1. The number of nitrogens with zero attached hydrogens (tertiary/aromatic N) is 4. The van der Waals surface area contributed by atoms with Gasteiger partial charge in [-0.25, -0.2) is 9.48 Å². The fourth-order valence-electron chi connectivity index (χ4n) is 2.12. The van der Waals surface area contributed by atoms with Crippen LogP contribution < -0.4 is 10.5 Å². The molecule has 2 rings (SSSR count). The number of carboxylic acids is 1. The van der Waals surface area contributed by atoms with Crippen molar-refractivity contribution in [2.45, 2.75) is 32.4 Å². The Kier molecular flexibility index (Phi) is 5.12. The molecule has 2 atom stereocenters. The molecule has 124 valence electrons. The van der Waals surface area contributed by atoms with Gasteiger partial charge in [-0.2, -0.15) is 0 Å². The second kappa shape index (κ2) is 7.05. The molecular weight excluding hydrogens is 302 g/mol. The zero-order valence-corrected chi connectivity index (χ0v) is 12.9. The third-order valence-electron chi connectivity index (χ3n) is 3.20. The number of hydrogen-bond acceptors (Lipinski definition) is 7. The van der Waals surface area contributed by atoms with Crippen molar-refractivity contribution >= 4 is 11.7 Å². The second-order valence-electron chi connectivity index (χ2n) is 5.07. The van der Waals surface area contributed by atoms with Gasteiger partial charge in [-0.3, -0.25) is 0 Å². The highest BCUT2D eigenvalue weighted by atomic mass is 16.5. The van der Waals surface area contributed by atoms with E-state index in [-0.39, 0.29) is 5.82 Å². The lowest BCUT2D eigenvalue weighted by molar-refractivity contribution is -0.144. The third kappa shape index (κ3) is 3.57. The lowest BCUT2D eigenvalue weighted by Gasteiger charge is -2.17. The van der Waals surface area contributed by atoms with E-state index in [4.69, 9.17) is 10.5 Å². The van der Waals surface area contributed by atoms with Crippen LogP contribution in [0.2, 0.25) is 0 Å². The first-order chi connectivity index (χ1) is 11.0.